The van der Waals surface area contributed by atoms with Gasteiger partial charge in [0.25, 0.3) is 10.0 Å². The molecule has 0 unspecified atom stereocenters. The van der Waals surface area contributed by atoms with Crippen molar-refractivity contribution < 1.29 is 12.8 Å². The summed E-state index contributed by atoms with van der Waals surface area (Å²) in [5.74, 6) is -0.437. The molecule has 1 N–H and O–H groups in total. The second-order valence-electron chi connectivity index (χ2n) is 4.72. The molecule has 3 rings (SSSR count). The van der Waals surface area contributed by atoms with Gasteiger partial charge in [0.15, 0.2) is 5.03 Å². The highest BCUT2D eigenvalue weighted by Crippen LogP contribution is 2.20. The van der Waals surface area contributed by atoms with Gasteiger partial charge in [0.1, 0.15) is 5.82 Å². The Bertz CT molecular complexity index is 738. The topological polar surface area (TPSA) is 67.2 Å². The van der Waals surface area contributed by atoms with Gasteiger partial charge in [0.2, 0.25) is 0 Å². The van der Waals surface area contributed by atoms with Crippen LogP contribution >= 0.6 is 0 Å². The Morgan fingerprint density at radius 1 is 1.19 bits per heavy atom. The molecular weight excluding hydrogens is 295 g/mol. The van der Waals surface area contributed by atoms with E-state index in [1.54, 1.807) is 6.07 Å². The lowest BCUT2D eigenvalue weighted by atomic mass is 10.3. The molecule has 0 amide bonds. The molecule has 6 nitrogen and oxygen atoms in total. The molecular formula is C13H15FN4O2S. The summed E-state index contributed by atoms with van der Waals surface area (Å²) in [5, 5.41) is 7.18. The predicted octanol–water partition coefficient (Wildman–Crippen LogP) is 0.605. The first-order valence-corrected chi connectivity index (χ1v) is 8.04. The Morgan fingerprint density at radius 3 is 2.67 bits per heavy atom. The maximum Gasteiger partial charge on any atom is 0.260 e. The van der Waals surface area contributed by atoms with Crippen LogP contribution in [0.2, 0.25) is 0 Å². The molecule has 0 bridgehead atoms. The average Bonchev–Trinajstić information content (AvgIpc) is 2.98. The third-order valence-electron chi connectivity index (χ3n) is 3.34. The third-order valence-corrected chi connectivity index (χ3v) is 5.22. The lowest BCUT2D eigenvalue weighted by Crippen LogP contribution is -2.46. The van der Waals surface area contributed by atoms with Gasteiger partial charge in [-0.1, -0.05) is 6.07 Å². The van der Waals surface area contributed by atoms with Gasteiger partial charge in [-0.2, -0.15) is 9.40 Å². The van der Waals surface area contributed by atoms with Crippen molar-refractivity contribution in [3.8, 4) is 5.69 Å². The van der Waals surface area contributed by atoms with Crippen molar-refractivity contribution in [2.45, 2.75) is 5.03 Å². The number of rotatable bonds is 3. The number of aromatic nitrogens is 2. The van der Waals surface area contributed by atoms with Crippen molar-refractivity contribution >= 4 is 10.0 Å². The first-order chi connectivity index (χ1) is 10.1. The molecule has 1 fully saturated rings. The lowest BCUT2D eigenvalue weighted by Gasteiger charge is -2.26. The zero-order chi connectivity index (χ0) is 14.9. The van der Waals surface area contributed by atoms with E-state index in [4.69, 9.17) is 0 Å². The number of piperazine rings is 1. The lowest BCUT2D eigenvalue weighted by molar-refractivity contribution is 0.358. The van der Waals surface area contributed by atoms with E-state index in [-0.39, 0.29) is 5.03 Å². The summed E-state index contributed by atoms with van der Waals surface area (Å²) >= 11 is 0. The Morgan fingerprint density at radius 2 is 1.95 bits per heavy atom. The summed E-state index contributed by atoms with van der Waals surface area (Å²) in [5.41, 5.74) is 0.383. The molecule has 0 spiro atoms. The van der Waals surface area contributed by atoms with E-state index in [0.717, 1.165) is 0 Å². The van der Waals surface area contributed by atoms with Gasteiger partial charge >= 0.3 is 0 Å². The standard InChI is InChI=1S/C13H15FN4O2S/c14-11-2-1-3-12(10-11)18-13(4-5-16-18)21(19,20)17-8-6-15-7-9-17/h1-5,10,15H,6-9H2. The minimum absolute atomic E-state index is 0.0509. The highest BCUT2D eigenvalue weighted by atomic mass is 32.2. The smallest absolute Gasteiger partial charge is 0.260 e. The van der Waals surface area contributed by atoms with E-state index in [1.165, 1.54) is 39.4 Å². The molecule has 8 heteroatoms. The van der Waals surface area contributed by atoms with E-state index >= 15 is 0 Å². The van der Waals surface area contributed by atoms with Crippen molar-refractivity contribution in [2.75, 3.05) is 26.2 Å². The number of hydrogen-bond acceptors (Lipinski definition) is 4. The zero-order valence-electron chi connectivity index (χ0n) is 11.2. The van der Waals surface area contributed by atoms with Gasteiger partial charge in [-0.3, -0.25) is 0 Å². The van der Waals surface area contributed by atoms with Crippen LogP contribution in [0.15, 0.2) is 41.6 Å². The van der Waals surface area contributed by atoms with Crippen molar-refractivity contribution in [1.29, 1.82) is 0 Å². The molecule has 0 saturated carbocycles. The summed E-state index contributed by atoms with van der Waals surface area (Å²) in [7, 11) is -3.64. The van der Waals surface area contributed by atoms with Crippen molar-refractivity contribution in [3.05, 3.63) is 42.3 Å². The molecule has 0 atom stereocenters. The van der Waals surface area contributed by atoms with Gasteiger partial charge in [-0.15, -0.1) is 0 Å². The van der Waals surface area contributed by atoms with Crippen LogP contribution in [-0.2, 0) is 10.0 Å². The first-order valence-electron chi connectivity index (χ1n) is 6.60. The average molecular weight is 310 g/mol. The van der Waals surface area contributed by atoms with Crippen LogP contribution in [0.1, 0.15) is 0 Å². The van der Waals surface area contributed by atoms with E-state index in [2.05, 4.69) is 10.4 Å². The fourth-order valence-corrected chi connectivity index (χ4v) is 3.84. The summed E-state index contributed by atoms with van der Waals surface area (Å²) in [6, 6.07) is 7.13. The van der Waals surface area contributed by atoms with Crippen LogP contribution in [0.3, 0.4) is 0 Å². The fraction of sp³-hybridized carbons (Fsp3) is 0.308. The fourth-order valence-electron chi connectivity index (χ4n) is 2.31. The Balaban J connectivity index is 2.02. The van der Waals surface area contributed by atoms with Crippen LogP contribution < -0.4 is 5.32 Å². The third kappa shape index (κ3) is 2.69. The molecule has 1 aromatic carbocycles. The zero-order valence-corrected chi connectivity index (χ0v) is 12.1. The monoisotopic (exact) mass is 310 g/mol. The van der Waals surface area contributed by atoms with Crippen molar-refractivity contribution in [1.82, 2.24) is 19.4 Å². The normalized spacial score (nSPS) is 17.0. The number of benzene rings is 1. The minimum atomic E-state index is -3.64. The van der Waals surface area contributed by atoms with Gasteiger partial charge in [-0.05, 0) is 24.3 Å². The number of halogens is 1. The summed E-state index contributed by atoms with van der Waals surface area (Å²) in [6.07, 6.45) is 1.40. The molecule has 1 aliphatic rings. The summed E-state index contributed by atoms with van der Waals surface area (Å²) in [6.45, 7) is 2.06. The van der Waals surface area contributed by atoms with Crippen LogP contribution in [0.25, 0.3) is 5.69 Å². The Kier molecular flexibility index (Phi) is 3.75. The van der Waals surface area contributed by atoms with Gasteiger partial charge in [0.05, 0.1) is 11.9 Å². The Hall–Kier alpha value is -1.77. The van der Waals surface area contributed by atoms with Crippen LogP contribution in [0.4, 0.5) is 4.39 Å². The van der Waals surface area contributed by atoms with Crippen molar-refractivity contribution in [2.24, 2.45) is 0 Å². The molecule has 2 heterocycles. The molecule has 0 radical (unpaired) electrons. The summed E-state index contributed by atoms with van der Waals surface area (Å²) < 4.78 is 41.3. The van der Waals surface area contributed by atoms with Crippen LogP contribution in [0.5, 0.6) is 0 Å². The number of nitrogens with zero attached hydrogens (tertiary/aromatic N) is 3. The van der Waals surface area contributed by atoms with Gasteiger partial charge in [0, 0.05) is 26.2 Å². The van der Waals surface area contributed by atoms with E-state index in [1.807, 2.05) is 0 Å². The molecule has 21 heavy (non-hydrogen) atoms. The number of nitrogens with one attached hydrogen (secondary N) is 1. The van der Waals surface area contributed by atoms with Crippen LogP contribution in [-0.4, -0.2) is 48.7 Å². The Labute approximate surface area is 122 Å². The molecule has 0 aliphatic carbocycles. The molecule has 112 valence electrons. The molecule has 1 aliphatic heterocycles. The number of sulfonamides is 1. The number of hydrogen-bond donors (Lipinski definition) is 1. The maximum atomic E-state index is 13.3. The first kappa shape index (κ1) is 14.2. The highest BCUT2D eigenvalue weighted by Gasteiger charge is 2.29. The predicted molar refractivity (Wildman–Crippen MR) is 75.2 cm³/mol. The highest BCUT2D eigenvalue weighted by molar-refractivity contribution is 7.89. The van der Waals surface area contributed by atoms with Gasteiger partial charge < -0.3 is 5.32 Å². The molecule has 1 saturated heterocycles. The van der Waals surface area contributed by atoms with E-state index in [9.17, 15) is 12.8 Å². The van der Waals surface area contributed by atoms with Crippen LogP contribution in [0, 0.1) is 5.82 Å². The van der Waals surface area contributed by atoms with Crippen molar-refractivity contribution in [3.63, 3.8) is 0 Å². The quantitative estimate of drug-likeness (QED) is 0.902. The van der Waals surface area contributed by atoms with E-state index < -0.39 is 15.8 Å². The molecule has 1 aromatic heterocycles. The van der Waals surface area contributed by atoms with Gasteiger partial charge in [-0.25, -0.2) is 17.5 Å². The second kappa shape index (κ2) is 5.55. The largest absolute Gasteiger partial charge is 0.314 e. The second-order valence-corrected chi connectivity index (χ2v) is 6.60. The summed E-state index contributed by atoms with van der Waals surface area (Å²) in [4.78, 5) is 0. The molecule has 2 aromatic rings. The SMILES string of the molecule is O=S(=O)(c1ccnn1-c1cccc(F)c1)N1CCNCC1. The van der Waals surface area contributed by atoms with E-state index in [0.29, 0.717) is 31.9 Å². The minimum Gasteiger partial charge on any atom is -0.314 e. The maximum absolute atomic E-state index is 13.3.